The quantitative estimate of drug-likeness (QED) is 0.143. The third-order valence-electron chi connectivity index (χ3n) is 13.2. The number of rotatable bonds is 13. The molecule has 2 aromatic carbocycles. The molecule has 19 nitrogen and oxygen atoms in total. The number of nitrogens with two attached hydrogens (primary N) is 1. The maximum atomic E-state index is 14.7. The molecule has 6 amide bonds. The van der Waals surface area contributed by atoms with Crippen LogP contribution in [0.4, 0.5) is 4.79 Å². The summed E-state index contributed by atoms with van der Waals surface area (Å²) < 4.78 is 22.4. The lowest BCUT2D eigenvalue weighted by Gasteiger charge is -2.34. The monoisotopic (exact) mass is 1040 g/mol. The average Bonchev–Trinajstić information content (AvgIpc) is 4.17. The van der Waals surface area contributed by atoms with E-state index >= 15 is 0 Å². The van der Waals surface area contributed by atoms with Gasteiger partial charge in [0, 0.05) is 31.2 Å². The zero-order valence-electron chi connectivity index (χ0n) is 43.6. The summed E-state index contributed by atoms with van der Waals surface area (Å²) in [6, 6.07) is 9.99. The highest BCUT2D eigenvalue weighted by Gasteiger charge is 2.43. The van der Waals surface area contributed by atoms with Crippen LogP contribution in [0.5, 0.6) is 5.75 Å². The molecule has 0 aliphatic carbocycles. The highest BCUT2D eigenvalue weighted by atomic mass is 32.1. The van der Waals surface area contributed by atoms with Crippen LogP contribution in [0.3, 0.4) is 0 Å². The van der Waals surface area contributed by atoms with Gasteiger partial charge in [0.05, 0.1) is 24.4 Å². The SMILES string of the molecule is CC[C@H](C)[C@@H]1NC(=O)[C@@H]2CCCN2C(=O)[C@@H](NC(=O)[C@@H]2CCCN2C(=O)[C@@H](COC)NC(=O)OC(C)(C)C)COC(=O)/C(C)=C/C(C)=C/c2csc(n2)[C@H](Cc2ccc(OCc3ccccc3)cc2)NC(=O)C1N. The molecule has 4 heterocycles. The lowest BCUT2D eigenvalue weighted by Crippen LogP contribution is -2.62. The molecule has 1 aromatic heterocycles. The number of cyclic esters (lactones) is 1. The van der Waals surface area contributed by atoms with Gasteiger partial charge in [0.25, 0.3) is 0 Å². The van der Waals surface area contributed by atoms with E-state index in [0.717, 1.165) is 11.1 Å². The second-order valence-electron chi connectivity index (χ2n) is 20.1. The predicted molar refractivity (Wildman–Crippen MR) is 278 cm³/mol. The second kappa shape index (κ2) is 26.0. The van der Waals surface area contributed by atoms with E-state index in [0.29, 0.717) is 54.3 Å². The molecule has 400 valence electrons. The van der Waals surface area contributed by atoms with E-state index in [1.54, 1.807) is 46.8 Å². The first-order chi connectivity index (χ1) is 35.2. The van der Waals surface area contributed by atoms with Crippen molar-refractivity contribution in [3.63, 3.8) is 0 Å². The molecule has 6 rings (SSSR count). The normalized spacial score (nSPS) is 24.6. The highest BCUT2D eigenvalue weighted by molar-refractivity contribution is 7.09. The minimum Gasteiger partial charge on any atom is -0.489 e. The number of ether oxygens (including phenoxy) is 4. The van der Waals surface area contributed by atoms with Crippen LogP contribution in [-0.4, -0.2) is 132 Å². The minimum atomic E-state index is -1.48. The van der Waals surface area contributed by atoms with E-state index < -0.39 is 96.1 Å². The molecule has 1 unspecified atom stereocenters. The number of carbonyl (C=O) groups is 7. The van der Waals surface area contributed by atoms with Crippen LogP contribution >= 0.6 is 11.3 Å². The average molecular weight is 1040 g/mol. The molecule has 0 spiro atoms. The first-order valence-electron chi connectivity index (χ1n) is 25.3. The minimum absolute atomic E-state index is 0.140. The Hall–Kier alpha value is -6.64. The third kappa shape index (κ3) is 15.5. The van der Waals surface area contributed by atoms with Gasteiger partial charge in [-0.15, -0.1) is 11.3 Å². The molecule has 0 saturated carbocycles. The molecule has 0 radical (unpaired) electrons. The van der Waals surface area contributed by atoms with Gasteiger partial charge >= 0.3 is 12.1 Å². The van der Waals surface area contributed by atoms with Crippen LogP contribution < -0.4 is 31.7 Å². The maximum absolute atomic E-state index is 14.7. The van der Waals surface area contributed by atoms with Crippen molar-refractivity contribution < 1.29 is 52.5 Å². The Morgan fingerprint density at radius 1 is 0.946 bits per heavy atom. The lowest BCUT2D eigenvalue weighted by molar-refractivity contribution is -0.148. The van der Waals surface area contributed by atoms with Gasteiger partial charge in [-0.3, -0.25) is 24.0 Å². The maximum Gasteiger partial charge on any atom is 0.408 e. The zero-order chi connectivity index (χ0) is 53.7. The summed E-state index contributed by atoms with van der Waals surface area (Å²) in [6.07, 6.45) is 4.83. The van der Waals surface area contributed by atoms with Crippen LogP contribution in [0.25, 0.3) is 6.08 Å². The lowest BCUT2D eigenvalue weighted by atomic mass is 9.91. The van der Waals surface area contributed by atoms with Crippen molar-refractivity contribution >= 4 is 59.0 Å². The van der Waals surface area contributed by atoms with Gasteiger partial charge in [-0.2, -0.15) is 0 Å². The van der Waals surface area contributed by atoms with E-state index in [2.05, 4.69) is 21.3 Å². The Balaban J connectivity index is 1.27. The Kier molecular flexibility index (Phi) is 19.9. The fourth-order valence-electron chi connectivity index (χ4n) is 9.15. The second-order valence-corrected chi connectivity index (χ2v) is 21.0. The van der Waals surface area contributed by atoms with Gasteiger partial charge in [-0.1, -0.05) is 62.7 Å². The van der Waals surface area contributed by atoms with Gasteiger partial charge < -0.3 is 55.7 Å². The molecule has 6 N–H and O–H groups in total. The van der Waals surface area contributed by atoms with Gasteiger partial charge in [-0.05, 0) is 114 Å². The molecule has 2 saturated heterocycles. The van der Waals surface area contributed by atoms with Crippen LogP contribution in [0.1, 0.15) is 108 Å². The van der Waals surface area contributed by atoms with E-state index in [1.807, 2.05) is 73.8 Å². The Morgan fingerprint density at radius 2 is 1.66 bits per heavy atom. The van der Waals surface area contributed by atoms with Crippen molar-refractivity contribution in [1.29, 1.82) is 0 Å². The number of nitrogens with one attached hydrogen (secondary N) is 4. The van der Waals surface area contributed by atoms with E-state index in [-0.39, 0.29) is 44.0 Å². The number of methoxy groups -OCH3 is 1. The fraction of sp³-hybridized carbons (Fsp3) is 0.519. The molecule has 3 aliphatic rings. The number of likely N-dealkylation sites (tertiary alicyclic amines) is 1. The number of allylic oxidation sites excluding steroid dienone is 2. The largest absolute Gasteiger partial charge is 0.489 e. The molecule has 74 heavy (non-hydrogen) atoms. The van der Waals surface area contributed by atoms with Gasteiger partial charge in [0.1, 0.15) is 59.8 Å². The Morgan fingerprint density at radius 3 is 2.35 bits per heavy atom. The third-order valence-corrected chi connectivity index (χ3v) is 14.1. The van der Waals surface area contributed by atoms with Crippen LogP contribution in [0, 0.1) is 5.92 Å². The number of alkyl carbamates (subject to hydrolysis) is 1. The fourth-order valence-corrected chi connectivity index (χ4v) is 9.97. The molecule has 8 atom stereocenters. The number of nitrogens with zero attached hydrogens (tertiary/aromatic N) is 3. The van der Waals surface area contributed by atoms with Crippen LogP contribution in [-0.2, 0) is 56.0 Å². The van der Waals surface area contributed by atoms with E-state index in [1.165, 1.54) is 28.2 Å². The van der Waals surface area contributed by atoms with Crippen molar-refractivity contribution in [3.05, 3.63) is 99.0 Å². The Bertz CT molecular complexity index is 2530. The molecular weight excluding hydrogens is 969 g/mol. The van der Waals surface area contributed by atoms with Crippen molar-refractivity contribution in [1.82, 2.24) is 36.1 Å². The summed E-state index contributed by atoms with van der Waals surface area (Å²) in [4.78, 5) is 106. The molecule has 3 aromatic rings. The number of hydrogen-bond acceptors (Lipinski definition) is 14. The molecule has 3 aliphatic heterocycles. The number of amides is 6. The number of benzene rings is 2. The van der Waals surface area contributed by atoms with E-state index in [4.69, 9.17) is 29.7 Å². The summed E-state index contributed by atoms with van der Waals surface area (Å²) >= 11 is 1.35. The first-order valence-corrected chi connectivity index (χ1v) is 26.1. The van der Waals surface area contributed by atoms with Crippen molar-refractivity contribution in [3.8, 4) is 5.75 Å². The van der Waals surface area contributed by atoms with Crippen LogP contribution in [0.2, 0.25) is 0 Å². The summed E-state index contributed by atoms with van der Waals surface area (Å²) in [5, 5.41) is 13.9. The standard InChI is InChI=1S/C54H72N8O11S/c1-9-33(3)45-44(55)48(65)57-39(27-35-19-21-38(22-20-35)71-28-36-15-11-10-12-16-36)49-56-37(31-74-49)26-32(2)25-34(4)52(68)72-30-41(51(67)62-24-14-18-43(62)47(64)60-45)58-46(63)42-17-13-23-61(42)50(66)40(29-70-8)59-53(69)73-54(5,6)7/h10-12,15-16,19-22,25-26,31,33,39-45H,9,13-14,17-18,23-24,27-30,55H2,1-8H3,(H,57,65)(H,58,63)(H,59,69)(H,60,64)/b32-26+,34-25+/t33-,39-,40+,41-,42-,43-,44?,45-/m0/s1. The topological polar surface area (TPSA) is 250 Å². The number of fused-ring (bicyclic) bond motifs is 3. The summed E-state index contributed by atoms with van der Waals surface area (Å²) in [5.41, 5.74) is 9.33. The number of thiazole rings is 1. The number of aromatic nitrogens is 1. The molecule has 2 bridgehead atoms. The zero-order valence-corrected chi connectivity index (χ0v) is 44.5. The highest BCUT2D eigenvalue weighted by Crippen LogP contribution is 2.27. The van der Waals surface area contributed by atoms with Crippen molar-refractivity contribution in [2.24, 2.45) is 11.7 Å². The van der Waals surface area contributed by atoms with Gasteiger partial charge in [0.2, 0.25) is 29.5 Å². The van der Waals surface area contributed by atoms with Gasteiger partial charge in [-0.25, -0.2) is 14.6 Å². The van der Waals surface area contributed by atoms with Gasteiger partial charge in [0.15, 0.2) is 0 Å². The molecule has 2 fully saturated rings. The number of esters is 1. The summed E-state index contributed by atoms with van der Waals surface area (Å²) in [5.74, 6) is -3.39. The van der Waals surface area contributed by atoms with Crippen molar-refractivity contribution in [2.45, 2.75) is 141 Å². The molecular formula is C54H72N8O11S. The van der Waals surface area contributed by atoms with Crippen molar-refractivity contribution in [2.75, 3.05) is 33.4 Å². The Labute approximate surface area is 437 Å². The number of carbonyl (C=O) groups excluding carboxylic acids is 7. The first kappa shape index (κ1) is 56.7. The summed E-state index contributed by atoms with van der Waals surface area (Å²) in [6.45, 7) is 12.1. The predicted octanol–water partition coefficient (Wildman–Crippen LogP) is 4.89. The molecule has 20 heteroatoms. The van der Waals surface area contributed by atoms with Crippen LogP contribution in [0.15, 0.2) is 77.2 Å². The summed E-state index contributed by atoms with van der Waals surface area (Å²) in [7, 11) is 1.37. The smallest absolute Gasteiger partial charge is 0.408 e. The number of hydrogen-bond donors (Lipinski definition) is 5. The van der Waals surface area contributed by atoms with E-state index in [9.17, 15) is 33.6 Å².